The van der Waals surface area contributed by atoms with Crippen LogP contribution in [0.15, 0.2) is 33.7 Å². The first kappa shape index (κ1) is 13.5. The van der Waals surface area contributed by atoms with Crippen molar-refractivity contribution in [3.63, 3.8) is 0 Å². The quantitative estimate of drug-likeness (QED) is 0.657. The molecule has 0 atom stereocenters. The van der Waals surface area contributed by atoms with Gasteiger partial charge in [-0.15, -0.1) is 0 Å². The summed E-state index contributed by atoms with van der Waals surface area (Å²) >= 11 is 9.89. The topological polar surface area (TPSA) is 37.5 Å². The fraction of sp³-hybridized carbons (Fsp3) is 0.167. The first-order valence-electron chi connectivity index (χ1n) is 5.34. The number of aliphatic imine (C=N–C) groups is 1. The highest BCUT2D eigenvalue weighted by Crippen LogP contribution is 2.25. The number of thiazole rings is 1. The zero-order valence-corrected chi connectivity index (χ0v) is 12.8. The van der Waals surface area contributed by atoms with Gasteiger partial charge in [-0.25, -0.2) is 0 Å². The number of hydrogen-bond acceptors (Lipinski definition) is 4. The van der Waals surface area contributed by atoms with E-state index < -0.39 is 0 Å². The van der Waals surface area contributed by atoms with Crippen LogP contribution in [0.5, 0.6) is 5.88 Å². The molecule has 0 saturated carbocycles. The van der Waals surface area contributed by atoms with Gasteiger partial charge in [-0.1, -0.05) is 27.3 Å². The lowest BCUT2D eigenvalue weighted by molar-refractivity contribution is 0.419. The molecule has 3 nitrogen and oxygen atoms in total. The molecule has 94 valence electrons. The molecular weight excluding hydrogens is 332 g/mol. The summed E-state index contributed by atoms with van der Waals surface area (Å²) in [7, 11) is 0. The summed E-state index contributed by atoms with van der Waals surface area (Å²) in [6.07, 6.45) is 1.64. The number of nitrogens with zero attached hydrogens (tertiary/aromatic N) is 2. The summed E-state index contributed by atoms with van der Waals surface area (Å²) in [4.78, 5) is 5.00. The Morgan fingerprint density at radius 1 is 1.44 bits per heavy atom. The van der Waals surface area contributed by atoms with Gasteiger partial charge in [-0.2, -0.15) is 0 Å². The summed E-state index contributed by atoms with van der Waals surface area (Å²) in [5.74, 6) is 0.188. The van der Waals surface area contributed by atoms with Crippen molar-refractivity contribution in [2.45, 2.75) is 13.5 Å². The molecule has 1 aromatic carbocycles. The van der Waals surface area contributed by atoms with Crippen molar-refractivity contribution >= 4 is 51.4 Å². The lowest BCUT2D eigenvalue weighted by Crippen LogP contribution is -1.92. The van der Waals surface area contributed by atoms with Crippen molar-refractivity contribution in [2.24, 2.45) is 4.99 Å². The predicted octanol–water partition coefficient (Wildman–Crippen LogP) is 4.52. The van der Waals surface area contributed by atoms with Crippen LogP contribution < -0.4 is 0 Å². The van der Waals surface area contributed by atoms with Crippen LogP contribution in [0.2, 0.25) is 0 Å². The standard InChI is InChI=1S/C12H11BrN2OS2/c1-2-15-11(16)10(18-12(15)17)7-14-9-5-3-8(13)4-6-9/h3-7,16H,2H2,1H3. The van der Waals surface area contributed by atoms with Crippen molar-refractivity contribution in [3.8, 4) is 5.88 Å². The number of aromatic nitrogens is 1. The summed E-state index contributed by atoms with van der Waals surface area (Å²) in [6.45, 7) is 2.60. The Morgan fingerprint density at radius 3 is 2.67 bits per heavy atom. The minimum absolute atomic E-state index is 0.188. The first-order valence-corrected chi connectivity index (χ1v) is 7.36. The second kappa shape index (κ2) is 5.77. The molecule has 1 heterocycles. The van der Waals surface area contributed by atoms with Gasteiger partial charge in [0.05, 0.1) is 11.9 Å². The number of halogens is 1. The smallest absolute Gasteiger partial charge is 0.212 e. The van der Waals surface area contributed by atoms with E-state index in [1.165, 1.54) is 11.3 Å². The predicted molar refractivity (Wildman–Crippen MR) is 81.9 cm³/mol. The third-order valence-corrected chi connectivity index (χ3v) is 4.27. The second-order valence-electron chi connectivity index (χ2n) is 3.53. The maximum Gasteiger partial charge on any atom is 0.212 e. The molecule has 0 aliphatic heterocycles. The second-order valence-corrected chi connectivity index (χ2v) is 6.13. The number of hydrogen-bond donors (Lipinski definition) is 1. The third-order valence-electron chi connectivity index (χ3n) is 2.37. The van der Waals surface area contributed by atoms with E-state index in [0.29, 0.717) is 15.4 Å². The van der Waals surface area contributed by atoms with Gasteiger partial charge >= 0.3 is 0 Å². The Bertz CT molecular complexity index is 629. The average molecular weight is 343 g/mol. The van der Waals surface area contributed by atoms with Crippen LogP contribution in [0.3, 0.4) is 0 Å². The fourth-order valence-corrected chi connectivity index (χ4v) is 3.01. The minimum atomic E-state index is 0.188. The van der Waals surface area contributed by atoms with E-state index in [9.17, 15) is 5.11 Å². The summed E-state index contributed by atoms with van der Waals surface area (Å²) < 4.78 is 3.35. The molecule has 0 bridgehead atoms. The van der Waals surface area contributed by atoms with E-state index >= 15 is 0 Å². The molecule has 2 aromatic rings. The molecule has 0 aliphatic carbocycles. The minimum Gasteiger partial charge on any atom is -0.493 e. The van der Waals surface area contributed by atoms with Crippen LogP contribution in [0.4, 0.5) is 5.69 Å². The normalized spacial score (nSPS) is 11.2. The van der Waals surface area contributed by atoms with Gasteiger partial charge in [0.25, 0.3) is 0 Å². The Hall–Kier alpha value is -0.980. The fourth-order valence-electron chi connectivity index (χ4n) is 1.44. The lowest BCUT2D eigenvalue weighted by Gasteiger charge is -1.98. The van der Waals surface area contributed by atoms with Crippen molar-refractivity contribution in [1.29, 1.82) is 0 Å². The molecule has 0 radical (unpaired) electrons. The Kier molecular flexibility index (Phi) is 4.31. The molecule has 0 spiro atoms. The zero-order chi connectivity index (χ0) is 13.1. The maximum absolute atomic E-state index is 9.94. The molecule has 0 aliphatic rings. The van der Waals surface area contributed by atoms with Crippen molar-refractivity contribution in [2.75, 3.05) is 0 Å². The molecule has 2 rings (SSSR count). The van der Waals surface area contributed by atoms with Crippen LogP contribution in [-0.4, -0.2) is 15.9 Å². The average Bonchev–Trinajstić information content (AvgIpc) is 2.63. The number of aromatic hydroxyl groups is 1. The molecule has 18 heavy (non-hydrogen) atoms. The van der Waals surface area contributed by atoms with E-state index in [1.807, 2.05) is 31.2 Å². The Balaban J connectivity index is 2.29. The summed E-state index contributed by atoms with van der Waals surface area (Å²) in [6, 6.07) is 7.64. The van der Waals surface area contributed by atoms with E-state index in [4.69, 9.17) is 12.2 Å². The van der Waals surface area contributed by atoms with Gasteiger partial charge in [0.1, 0.15) is 4.88 Å². The Labute approximate surface area is 123 Å². The zero-order valence-electron chi connectivity index (χ0n) is 9.63. The van der Waals surface area contributed by atoms with Gasteiger partial charge in [-0.05, 0) is 43.4 Å². The molecule has 0 amide bonds. The first-order chi connectivity index (χ1) is 8.61. The molecular formula is C12H11BrN2OS2. The van der Waals surface area contributed by atoms with Crippen molar-refractivity contribution in [1.82, 2.24) is 4.57 Å². The third kappa shape index (κ3) is 2.88. The van der Waals surface area contributed by atoms with E-state index in [0.717, 1.165) is 10.2 Å². The van der Waals surface area contributed by atoms with Crippen LogP contribution in [-0.2, 0) is 6.54 Å². The highest BCUT2D eigenvalue weighted by atomic mass is 79.9. The summed E-state index contributed by atoms with van der Waals surface area (Å²) in [5.41, 5.74) is 0.833. The molecule has 6 heteroatoms. The van der Waals surface area contributed by atoms with E-state index in [1.54, 1.807) is 10.8 Å². The van der Waals surface area contributed by atoms with Gasteiger partial charge < -0.3 is 5.11 Å². The van der Waals surface area contributed by atoms with Crippen LogP contribution in [0, 0.1) is 3.95 Å². The maximum atomic E-state index is 9.94. The number of benzene rings is 1. The molecule has 0 fully saturated rings. The summed E-state index contributed by atoms with van der Waals surface area (Å²) in [5, 5.41) is 9.94. The Morgan fingerprint density at radius 2 is 2.11 bits per heavy atom. The molecule has 0 saturated heterocycles. The van der Waals surface area contributed by atoms with Crippen LogP contribution in [0.25, 0.3) is 0 Å². The number of rotatable bonds is 3. The SMILES string of the molecule is CCn1c(O)c(C=Nc2ccc(Br)cc2)sc1=S. The van der Waals surface area contributed by atoms with Gasteiger partial charge in [0.15, 0.2) is 3.95 Å². The van der Waals surface area contributed by atoms with Gasteiger partial charge in [0, 0.05) is 11.0 Å². The molecule has 1 N–H and O–H groups in total. The van der Waals surface area contributed by atoms with Crippen LogP contribution in [0.1, 0.15) is 11.8 Å². The van der Waals surface area contributed by atoms with Gasteiger partial charge in [0.2, 0.25) is 5.88 Å². The van der Waals surface area contributed by atoms with E-state index in [2.05, 4.69) is 20.9 Å². The van der Waals surface area contributed by atoms with E-state index in [-0.39, 0.29) is 5.88 Å². The largest absolute Gasteiger partial charge is 0.493 e. The lowest BCUT2D eigenvalue weighted by atomic mass is 10.3. The van der Waals surface area contributed by atoms with Crippen molar-refractivity contribution in [3.05, 3.63) is 37.6 Å². The van der Waals surface area contributed by atoms with Crippen molar-refractivity contribution < 1.29 is 5.11 Å². The van der Waals surface area contributed by atoms with Gasteiger partial charge in [-0.3, -0.25) is 9.56 Å². The monoisotopic (exact) mass is 342 g/mol. The van der Waals surface area contributed by atoms with Crippen LogP contribution >= 0.6 is 39.5 Å². The molecule has 0 unspecified atom stereocenters. The highest BCUT2D eigenvalue weighted by Gasteiger charge is 2.07. The highest BCUT2D eigenvalue weighted by molar-refractivity contribution is 9.10. The molecule has 1 aromatic heterocycles.